The first-order valence-corrected chi connectivity index (χ1v) is 4.91. The Morgan fingerprint density at radius 2 is 2.00 bits per heavy atom. The van der Waals surface area contributed by atoms with Crippen LogP contribution in [-0.4, -0.2) is 24.1 Å². The van der Waals surface area contributed by atoms with E-state index in [2.05, 4.69) is 10.1 Å². The Morgan fingerprint density at radius 3 is 2.47 bits per heavy atom. The van der Waals surface area contributed by atoms with E-state index in [1.807, 2.05) is 0 Å². The molecule has 0 heterocycles. The van der Waals surface area contributed by atoms with Crippen LogP contribution in [0.2, 0.25) is 0 Å². The maximum Gasteiger partial charge on any atom is 0.387 e. The van der Waals surface area contributed by atoms with Gasteiger partial charge in [-0.3, -0.25) is 10.1 Å². The van der Waals surface area contributed by atoms with Gasteiger partial charge in [-0.25, -0.2) is 0 Å². The molecule has 1 N–H and O–H groups in total. The molecule has 94 valence electrons. The van der Waals surface area contributed by atoms with Gasteiger partial charge in [0, 0.05) is 17.5 Å². The summed E-state index contributed by atoms with van der Waals surface area (Å²) in [6.07, 6.45) is 0. The Morgan fingerprint density at radius 1 is 1.41 bits per heavy atom. The van der Waals surface area contributed by atoms with E-state index in [1.165, 1.54) is 31.2 Å². The molecule has 1 atom stereocenters. The van der Waals surface area contributed by atoms with Gasteiger partial charge in [0.15, 0.2) is 0 Å². The Bertz CT molecular complexity index is 370. The highest BCUT2D eigenvalue weighted by Crippen LogP contribution is 2.17. The number of ether oxygens (including phenoxy) is 1. The smallest absolute Gasteiger partial charge is 0.387 e. The summed E-state index contributed by atoms with van der Waals surface area (Å²) >= 11 is 0. The van der Waals surface area contributed by atoms with Crippen molar-refractivity contribution in [3.63, 3.8) is 0 Å². The van der Waals surface area contributed by atoms with Crippen molar-refractivity contribution in [2.75, 3.05) is 11.9 Å². The second-order valence-corrected chi connectivity index (χ2v) is 3.42. The zero-order valence-corrected chi connectivity index (χ0v) is 9.10. The molecule has 17 heavy (non-hydrogen) atoms. The molecule has 0 fully saturated rings. The van der Waals surface area contributed by atoms with E-state index in [-0.39, 0.29) is 12.3 Å². The first-order chi connectivity index (χ1) is 7.99. The Hall–Kier alpha value is -1.92. The van der Waals surface area contributed by atoms with Crippen molar-refractivity contribution >= 4 is 5.69 Å². The molecule has 0 aliphatic carbocycles. The van der Waals surface area contributed by atoms with Gasteiger partial charge in [0.25, 0.3) is 0 Å². The lowest BCUT2D eigenvalue weighted by molar-refractivity contribution is -0.514. The van der Waals surface area contributed by atoms with Gasteiger partial charge < -0.3 is 10.1 Å². The predicted molar refractivity (Wildman–Crippen MR) is 58.0 cm³/mol. The molecule has 0 amide bonds. The van der Waals surface area contributed by atoms with Crippen LogP contribution < -0.4 is 10.1 Å². The van der Waals surface area contributed by atoms with Crippen molar-refractivity contribution in [3.05, 3.63) is 34.4 Å². The highest BCUT2D eigenvalue weighted by molar-refractivity contribution is 5.46. The zero-order chi connectivity index (χ0) is 12.8. The minimum absolute atomic E-state index is 0.0490. The van der Waals surface area contributed by atoms with Crippen molar-refractivity contribution in [2.45, 2.75) is 19.6 Å². The number of alkyl halides is 2. The molecule has 0 aliphatic heterocycles. The third-order valence-corrected chi connectivity index (χ3v) is 2.04. The summed E-state index contributed by atoms with van der Waals surface area (Å²) in [5, 5.41) is 13.2. The normalized spacial score (nSPS) is 12.2. The average Bonchev–Trinajstić information content (AvgIpc) is 2.26. The monoisotopic (exact) mass is 246 g/mol. The summed E-state index contributed by atoms with van der Waals surface area (Å²) in [6, 6.07) is 5.05. The number of rotatable bonds is 6. The van der Waals surface area contributed by atoms with Gasteiger partial charge >= 0.3 is 6.61 Å². The van der Waals surface area contributed by atoms with Crippen molar-refractivity contribution in [1.29, 1.82) is 0 Å². The number of anilines is 1. The van der Waals surface area contributed by atoms with Crippen LogP contribution in [0.4, 0.5) is 14.5 Å². The first kappa shape index (κ1) is 13.1. The SMILES string of the molecule is CC(CNc1ccc(OC(F)F)cc1)[N+](=O)[O-]. The zero-order valence-electron chi connectivity index (χ0n) is 9.10. The van der Waals surface area contributed by atoms with Crippen LogP contribution in [0, 0.1) is 10.1 Å². The summed E-state index contributed by atoms with van der Waals surface area (Å²) in [4.78, 5) is 9.96. The lowest BCUT2D eigenvalue weighted by atomic mass is 10.3. The number of hydrogen-bond acceptors (Lipinski definition) is 4. The topological polar surface area (TPSA) is 64.4 Å². The molecule has 1 rings (SSSR count). The third kappa shape index (κ3) is 4.62. The van der Waals surface area contributed by atoms with Crippen LogP contribution in [0.1, 0.15) is 6.92 Å². The maximum atomic E-state index is 11.9. The molecule has 0 bridgehead atoms. The largest absolute Gasteiger partial charge is 0.435 e. The van der Waals surface area contributed by atoms with Crippen LogP contribution in [0.3, 0.4) is 0 Å². The van der Waals surface area contributed by atoms with Crippen molar-refractivity contribution in [1.82, 2.24) is 0 Å². The molecule has 5 nitrogen and oxygen atoms in total. The number of hydrogen-bond donors (Lipinski definition) is 1. The van der Waals surface area contributed by atoms with Crippen molar-refractivity contribution in [3.8, 4) is 5.75 Å². The molecule has 0 saturated carbocycles. The van der Waals surface area contributed by atoms with Gasteiger partial charge in [-0.1, -0.05) is 0 Å². The first-order valence-electron chi connectivity index (χ1n) is 4.91. The van der Waals surface area contributed by atoms with Crippen LogP contribution in [0.25, 0.3) is 0 Å². The van der Waals surface area contributed by atoms with Gasteiger partial charge in [0.1, 0.15) is 5.75 Å². The summed E-state index contributed by atoms with van der Waals surface area (Å²) in [7, 11) is 0. The lowest BCUT2D eigenvalue weighted by Gasteiger charge is -2.09. The number of nitrogens with zero attached hydrogens (tertiary/aromatic N) is 1. The second-order valence-electron chi connectivity index (χ2n) is 3.42. The Balaban J connectivity index is 2.48. The number of nitrogens with one attached hydrogen (secondary N) is 1. The fourth-order valence-corrected chi connectivity index (χ4v) is 1.09. The summed E-state index contributed by atoms with van der Waals surface area (Å²) in [5.74, 6) is 0.0490. The fourth-order valence-electron chi connectivity index (χ4n) is 1.09. The molecule has 0 aromatic heterocycles. The molecule has 1 unspecified atom stereocenters. The van der Waals surface area contributed by atoms with Gasteiger partial charge in [0.05, 0.1) is 6.54 Å². The van der Waals surface area contributed by atoms with E-state index in [0.29, 0.717) is 5.69 Å². The molecule has 0 spiro atoms. The highest BCUT2D eigenvalue weighted by atomic mass is 19.3. The van der Waals surface area contributed by atoms with Crippen LogP contribution >= 0.6 is 0 Å². The summed E-state index contributed by atoms with van der Waals surface area (Å²) < 4.78 is 27.9. The molecule has 1 aromatic carbocycles. The minimum Gasteiger partial charge on any atom is -0.435 e. The predicted octanol–water partition coefficient (Wildman–Crippen LogP) is 2.37. The van der Waals surface area contributed by atoms with E-state index in [1.54, 1.807) is 0 Å². The fraction of sp³-hybridized carbons (Fsp3) is 0.400. The lowest BCUT2D eigenvalue weighted by Crippen LogP contribution is -2.24. The van der Waals surface area contributed by atoms with E-state index in [9.17, 15) is 18.9 Å². The van der Waals surface area contributed by atoms with E-state index in [4.69, 9.17) is 0 Å². The molecular formula is C10H12F2N2O3. The Labute approximate surface area is 96.5 Å². The number of benzene rings is 1. The average molecular weight is 246 g/mol. The molecule has 0 saturated heterocycles. The van der Waals surface area contributed by atoms with Crippen molar-refractivity contribution < 1.29 is 18.4 Å². The molecule has 0 radical (unpaired) electrons. The number of nitro groups is 1. The van der Waals surface area contributed by atoms with Gasteiger partial charge in [-0.05, 0) is 24.3 Å². The molecular weight excluding hydrogens is 234 g/mol. The second kappa shape index (κ2) is 5.97. The minimum atomic E-state index is -2.86. The highest BCUT2D eigenvalue weighted by Gasteiger charge is 2.11. The maximum absolute atomic E-state index is 11.9. The van der Waals surface area contributed by atoms with Gasteiger partial charge in [-0.2, -0.15) is 8.78 Å². The van der Waals surface area contributed by atoms with Crippen LogP contribution in [0.15, 0.2) is 24.3 Å². The number of halogens is 2. The molecule has 0 aliphatic rings. The van der Waals surface area contributed by atoms with Crippen LogP contribution in [-0.2, 0) is 0 Å². The van der Waals surface area contributed by atoms with Gasteiger partial charge in [-0.15, -0.1) is 0 Å². The standard InChI is InChI=1S/C10H12F2N2O3/c1-7(14(15)16)6-13-8-2-4-9(5-3-8)17-10(11)12/h2-5,7,10,13H,6H2,1H3. The molecule has 7 heteroatoms. The Kier molecular flexibility index (Phi) is 4.62. The van der Waals surface area contributed by atoms with Gasteiger partial charge in [0.2, 0.25) is 6.04 Å². The van der Waals surface area contributed by atoms with E-state index in [0.717, 1.165) is 0 Å². The van der Waals surface area contributed by atoms with Crippen LogP contribution in [0.5, 0.6) is 5.75 Å². The van der Waals surface area contributed by atoms with E-state index >= 15 is 0 Å². The summed E-state index contributed by atoms with van der Waals surface area (Å²) in [5.41, 5.74) is 0.611. The molecule has 1 aromatic rings. The van der Waals surface area contributed by atoms with E-state index < -0.39 is 17.6 Å². The van der Waals surface area contributed by atoms with Crippen molar-refractivity contribution in [2.24, 2.45) is 0 Å². The summed E-state index contributed by atoms with van der Waals surface area (Å²) in [6.45, 7) is -1.22. The third-order valence-electron chi connectivity index (χ3n) is 2.04. The quantitative estimate of drug-likeness (QED) is 0.618.